The molecule has 3 aromatic rings. The number of guanidine groups is 1. The maximum atomic E-state index is 12.2. The van der Waals surface area contributed by atoms with E-state index in [1.807, 2.05) is 56.6 Å². The highest BCUT2D eigenvalue weighted by molar-refractivity contribution is 5.90. The van der Waals surface area contributed by atoms with Crippen LogP contribution in [0.5, 0.6) is 0 Å². The first-order chi connectivity index (χ1) is 15.5. The summed E-state index contributed by atoms with van der Waals surface area (Å²) >= 11 is 0. The van der Waals surface area contributed by atoms with Gasteiger partial charge in [-0.3, -0.25) is 4.79 Å². The molecule has 0 radical (unpaired) electrons. The lowest BCUT2D eigenvalue weighted by atomic mass is 10.2. The molecule has 0 aliphatic carbocycles. The van der Waals surface area contributed by atoms with Crippen molar-refractivity contribution in [3.05, 3.63) is 71.2 Å². The van der Waals surface area contributed by atoms with Crippen LogP contribution < -0.4 is 16.0 Å². The van der Waals surface area contributed by atoms with E-state index < -0.39 is 0 Å². The van der Waals surface area contributed by atoms with E-state index in [2.05, 4.69) is 38.2 Å². The molecular weight excluding hydrogens is 402 g/mol. The van der Waals surface area contributed by atoms with Gasteiger partial charge in [0.2, 0.25) is 5.91 Å². The fraction of sp³-hybridized carbons (Fsp3) is 0.333. The number of hydrogen-bond donors (Lipinski definition) is 3. The summed E-state index contributed by atoms with van der Waals surface area (Å²) in [5, 5.41) is 13.9. The normalized spacial score (nSPS) is 11.3. The number of pyridine rings is 1. The lowest BCUT2D eigenvalue weighted by molar-refractivity contribution is -0.116. The Labute approximate surface area is 189 Å². The maximum absolute atomic E-state index is 12.2. The fourth-order valence-electron chi connectivity index (χ4n) is 3.27. The molecule has 3 N–H and O–H groups in total. The molecule has 0 saturated heterocycles. The number of para-hydroxylation sites is 1. The van der Waals surface area contributed by atoms with E-state index in [-0.39, 0.29) is 5.91 Å². The Morgan fingerprint density at radius 3 is 2.59 bits per heavy atom. The predicted octanol–water partition coefficient (Wildman–Crippen LogP) is 3.28. The number of carbonyl (C=O) groups is 1. The van der Waals surface area contributed by atoms with Gasteiger partial charge in [0.05, 0.1) is 17.9 Å². The molecule has 0 fully saturated rings. The van der Waals surface area contributed by atoms with Gasteiger partial charge in [0.1, 0.15) is 5.82 Å². The van der Waals surface area contributed by atoms with Crippen molar-refractivity contribution in [1.82, 2.24) is 25.4 Å². The Morgan fingerprint density at radius 1 is 1.09 bits per heavy atom. The average Bonchev–Trinajstić information content (AvgIpc) is 3.11. The maximum Gasteiger partial charge on any atom is 0.227 e. The minimum atomic E-state index is -0.0976. The molecule has 0 saturated carbocycles. The zero-order valence-electron chi connectivity index (χ0n) is 19.1. The van der Waals surface area contributed by atoms with Gasteiger partial charge in [-0.2, -0.15) is 5.10 Å². The molecule has 0 aliphatic heterocycles. The summed E-state index contributed by atoms with van der Waals surface area (Å²) in [4.78, 5) is 21.1. The third-order valence-corrected chi connectivity index (χ3v) is 4.80. The number of hydrogen-bond acceptors (Lipinski definition) is 4. The van der Waals surface area contributed by atoms with E-state index in [0.717, 1.165) is 34.7 Å². The molecule has 2 aromatic heterocycles. The molecule has 0 bridgehead atoms. The lowest BCUT2D eigenvalue weighted by Gasteiger charge is -2.13. The summed E-state index contributed by atoms with van der Waals surface area (Å²) in [6.07, 6.45) is 2.04. The number of aryl methyl sites for hydroxylation is 3. The van der Waals surface area contributed by atoms with Gasteiger partial charge in [-0.15, -0.1) is 0 Å². The molecule has 0 unspecified atom stereocenters. The predicted molar refractivity (Wildman–Crippen MR) is 128 cm³/mol. The van der Waals surface area contributed by atoms with Crippen LogP contribution in [0.25, 0.3) is 5.69 Å². The van der Waals surface area contributed by atoms with Gasteiger partial charge in [-0.05, 0) is 57.0 Å². The fourth-order valence-corrected chi connectivity index (χ4v) is 3.27. The molecule has 8 nitrogen and oxygen atoms in total. The molecule has 0 aliphatic rings. The summed E-state index contributed by atoms with van der Waals surface area (Å²) in [5.74, 6) is 1.12. The largest absolute Gasteiger partial charge is 0.357 e. The summed E-state index contributed by atoms with van der Waals surface area (Å²) in [7, 11) is 0. The van der Waals surface area contributed by atoms with E-state index in [4.69, 9.17) is 4.99 Å². The standard InChI is InChI=1S/C24H31N7O/c1-5-25-24(26-13-12-23(32)29-22-11-10-17(2)15-27-22)28-16-20-8-6-7-9-21(20)31-19(4)14-18(3)30-31/h6-11,14-15H,5,12-13,16H2,1-4H3,(H2,25,26,28)(H,27,29,32). The van der Waals surface area contributed by atoms with Crippen LogP contribution in [0.1, 0.15) is 35.9 Å². The van der Waals surface area contributed by atoms with Gasteiger partial charge < -0.3 is 16.0 Å². The van der Waals surface area contributed by atoms with Crippen LogP contribution >= 0.6 is 0 Å². The van der Waals surface area contributed by atoms with Crippen LogP contribution in [0.4, 0.5) is 5.82 Å². The Kier molecular flexibility index (Phi) is 7.96. The minimum Gasteiger partial charge on any atom is -0.357 e. The Balaban J connectivity index is 1.60. The zero-order chi connectivity index (χ0) is 22.9. The number of rotatable bonds is 8. The van der Waals surface area contributed by atoms with Crippen molar-refractivity contribution in [1.29, 1.82) is 0 Å². The molecule has 3 rings (SSSR count). The van der Waals surface area contributed by atoms with Crippen molar-refractivity contribution in [2.24, 2.45) is 4.99 Å². The van der Waals surface area contributed by atoms with Crippen molar-refractivity contribution in [2.45, 2.75) is 40.7 Å². The molecule has 168 valence electrons. The quantitative estimate of drug-likeness (QED) is 0.374. The number of anilines is 1. The highest BCUT2D eigenvalue weighted by atomic mass is 16.1. The van der Waals surface area contributed by atoms with Crippen molar-refractivity contribution in [3.63, 3.8) is 0 Å². The molecule has 0 atom stereocenters. The van der Waals surface area contributed by atoms with Gasteiger partial charge in [0, 0.05) is 31.4 Å². The first-order valence-corrected chi connectivity index (χ1v) is 10.8. The highest BCUT2D eigenvalue weighted by Crippen LogP contribution is 2.17. The highest BCUT2D eigenvalue weighted by Gasteiger charge is 2.09. The zero-order valence-corrected chi connectivity index (χ0v) is 19.1. The van der Waals surface area contributed by atoms with Crippen LogP contribution in [-0.4, -0.2) is 39.7 Å². The van der Waals surface area contributed by atoms with Crippen LogP contribution in [0, 0.1) is 20.8 Å². The van der Waals surface area contributed by atoms with E-state index in [1.165, 1.54) is 0 Å². The third-order valence-electron chi connectivity index (χ3n) is 4.80. The minimum absolute atomic E-state index is 0.0976. The number of carbonyl (C=O) groups excluding carboxylic acids is 1. The third kappa shape index (κ3) is 6.41. The Hall–Kier alpha value is -3.68. The number of nitrogens with one attached hydrogen (secondary N) is 3. The summed E-state index contributed by atoms with van der Waals surface area (Å²) in [5.41, 5.74) is 5.20. The van der Waals surface area contributed by atoms with Gasteiger partial charge in [0.25, 0.3) is 0 Å². The van der Waals surface area contributed by atoms with Crippen molar-refractivity contribution in [2.75, 3.05) is 18.4 Å². The average molecular weight is 434 g/mol. The van der Waals surface area contributed by atoms with E-state index >= 15 is 0 Å². The SMILES string of the molecule is CCNC(=NCc1ccccc1-n1nc(C)cc1C)NCCC(=O)Nc1ccc(C)cn1. The van der Waals surface area contributed by atoms with Gasteiger partial charge in [-0.25, -0.2) is 14.7 Å². The molecule has 2 heterocycles. The monoisotopic (exact) mass is 433 g/mol. The summed E-state index contributed by atoms with van der Waals surface area (Å²) in [6, 6.07) is 13.9. The van der Waals surface area contributed by atoms with E-state index in [1.54, 1.807) is 12.3 Å². The van der Waals surface area contributed by atoms with Crippen LogP contribution in [0.15, 0.2) is 53.7 Å². The van der Waals surface area contributed by atoms with Crippen LogP contribution in [-0.2, 0) is 11.3 Å². The second kappa shape index (κ2) is 11.1. The Morgan fingerprint density at radius 2 is 1.91 bits per heavy atom. The second-order valence-electron chi connectivity index (χ2n) is 7.61. The van der Waals surface area contributed by atoms with E-state index in [9.17, 15) is 4.79 Å². The topological polar surface area (TPSA) is 96.2 Å². The molecule has 1 aromatic carbocycles. The summed E-state index contributed by atoms with van der Waals surface area (Å²) < 4.78 is 1.95. The number of benzene rings is 1. The smallest absolute Gasteiger partial charge is 0.227 e. The number of aliphatic imine (C=N–C) groups is 1. The van der Waals surface area contributed by atoms with Gasteiger partial charge in [0.15, 0.2) is 5.96 Å². The van der Waals surface area contributed by atoms with Gasteiger partial charge >= 0.3 is 0 Å². The van der Waals surface area contributed by atoms with Crippen molar-refractivity contribution in [3.8, 4) is 5.69 Å². The first-order valence-electron chi connectivity index (χ1n) is 10.8. The molecule has 1 amide bonds. The molecule has 8 heteroatoms. The van der Waals surface area contributed by atoms with Crippen LogP contribution in [0.2, 0.25) is 0 Å². The number of nitrogens with zero attached hydrogens (tertiary/aromatic N) is 4. The van der Waals surface area contributed by atoms with Crippen molar-refractivity contribution >= 4 is 17.7 Å². The molecular formula is C24H31N7O. The van der Waals surface area contributed by atoms with Crippen LogP contribution in [0.3, 0.4) is 0 Å². The number of amides is 1. The molecule has 32 heavy (non-hydrogen) atoms. The summed E-state index contributed by atoms with van der Waals surface area (Å²) in [6.45, 7) is 9.68. The lowest BCUT2D eigenvalue weighted by Crippen LogP contribution is -2.38. The second-order valence-corrected chi connectivity index (χ2v) is 7.61. The first kappa shape index (κ1) is 23.0. The molecule has 0 spiro atoms. The number of aromatic nitrogens is 3. The van der Waals surface area contributed by atoms with Crippen molar-refractivity contribution < 1.29 is 4.79 Å². The Bertz CT molecular complexity index is 1070. The van der Waals surface area contributed by atoms with E-state index in [0.29, 0.717) is 31.3 Å². The van der Waals surface area contributed by atoms with Gasteiger partial charge in [-0.1, -0.05) is 24.3 Å².